The first-order chi connectivity index (χ1) is 10.1. The van der Waals surface area contributed by atoms with E-state index in [2.05, 4.69) is 13.8 Å². The summed E-state index contributed by atoms with van der Waals surface area (Å²) in [5, 5.41) is 9.10. The molecule has 0 bridgehead atoms. The van der Waals surface area contributed by atoms with Crippen LogP contribution in [0.25, 0.3) is 0 Å². The van der Waals surface area contributed by atoms with E-state index in [0.29, 0.717) is 18.1 Å². The number of carboxylic acids is 1. The number of hydrogen-bond donors (Lipinski definition) is 1. The van der Waals surface area contributed by atoms with Gasteiger partial charge in [-0.05, 0) is 41.7 Å². The Bertz CT molecular complexity index is 603. The van der Waals surface area contributed by atoms with E-state index in [1.54, 1.807) is 18.2 Å². The van der Waals surface area contributed by atoms with E-state index in [1.165, 1.54) is 0 Å². The molecule has 0 fully saturated rings. The SMILES string of the molecule is CC(C)Cc1cc(C(=O)O)ccc1OCc1ccccc1. The molecule has 2 aromatic carbocycles. The van der Waals surface area contributed by atoms with Gasteiger partial charge in [-0.25, -0.2) is 4.79 Å². The van der Waals surface area contributed by atoms with Crippen molar-refractivity contribution >= 4 is 5.97 Å². The number of benzene rings is 2. The van der Waals surface area contributed by atoms with Crippen LogP contribution in [0.15, 0.2) is 48.5 Å². The van der Waals surface area contributed by atoms with Crippen molar-refractivity contribution < 1.29 is 14.6 Å². The van der Waals surface area contributed by atoms with Crippen LogP contribution in [0, 0.1) is 5.92 Å². The predicted molar refractivity (Wildman–Crippen MR) is 82.7 cm³/mol. The molecular weight excluding hydrogens is 264 g/mol. The van der Waals surface area contributed by atoms with Crippen LogP contribution in [0.1, 0.15) is 35.3 Å². The molecule has 0 saturated carbocycles. The number of aromatic carboxylic acids is 1. The minimum atomic E-state index is -0.908. The molecule has 3 heteroatoms. The first-order valence-corrected chi connectivity index (χ1v) is 7.09. The third-order valence-electron chi connectivity index (χ3n) is 3.17. The fourth-order valence-corrected chi connectivity index (χ4v) is 2.19. The van der Waals surface area contributed by atoms with Crippen LogP contribution in [0.3, 0.4) is 0 Å². The van der Waals surface area contributed by atoms with Crippen molar-refractivity contribution in [1.82, 2.24) is 0 Å². The maximum Gasteiger partial charge on any atom is 0.335 e. The van der Waals surface area contributed by atoms with Gasteiger partial charge in [-0.1, -0.05) is 44.2 Å². The predicted octanol–water partition coefficient (Wildman–Crippen LogP) is 4.16. The van der Waals surface area contributed by atoms with Crippen molar-refractivity contribution in [3.8, 4) is 5.75 Å². The minimum absolute atomic E-state index is 0.303. The highest BCUT2D eigenvalue weighted by Crippen LogP contribution is 2.24. The summed E-state index contributed by atoms with van der Waals surface area (Å²) in [5.41, 5.74) is 2.34. The van der Waals surface area contributed by atoms with Gasteiger partial charge >= 0.3 is 5.97 Å². The number of rotatable bonds is 6. The average molecular weight is 284 g/mol. The van der Waals surface area contributed by atoms with E-state index in [1.807, 2.05) is 30.3 Å². The summed E-state index contributed by atoms with van der Waals surface area (Å²) in [4.78, 5) is 11.1. The number of carboxylic acid groups (broad SMARTS) is 1. The fourth-order valence-electron chi connectivity index (χ4n) is 2.19. The van der Waals surface area contributed by atoms with Crippen molar-refractivity contribution in [2.75, 3.05) is 0 Å². The molecule has 0 spiro atoms. The fraction of sp³-hybridized carbons (Fsp3) is 0.278. The molecule has 0 atom stereocenters. The molecule has 0 aliphatic carbocycles. The maximum absolute atomic E-state index is 11.1. The molecule has 2 rings (SSSR count). The molecule has 21 heavy (non-hydrogen) atoms. The molecule has 0 aliphatic heterocycles. The van der Waals surface area contributed by atoms with Crippen LogP contribution >= 0.6 is 0 Å². The van der Waals surface area contributed by atoms with Gasteiger partial charge < -0.3 is 9.84 Å². The van der Waals surface area contributed by atoms with Gasteiger partial charge in [0.15, 0.2) is 0 Å². The molecule has 0 aromatic heterocycles. The maximum atomic E-state index is 11.1. The van der Waals surface area contributed by atoms with Crippen molar-refractivity contribution in [1.29, 1.82) is 0 Å². The third-order valence-corrected chi connectivity index (χ3v) is 3.17. The lowest BCUT2D eigenvalue weighted by molar-refractivity contribution is 0.0696. The summed E-state index contributed by atoms with van der Waals surface area (Å²) in [6, 6.07) is 15.0. The average Bonchev–Trinajstić information content (AvgIpc) is 2.46. The Labute approximate surface area is 125 Å². The molecular formula is C18H20O3. The smallest absolute Gasteiger partial charge is 0.335 e. The van der Waals surface area contributed by atoms with Crippen LogP contribution < -0.4 is 4.74 Å². The van der Waals surface area contributed by atoms with E-state index in [4.69, 9.17) is 9.84 Å². The van der Waals surface area contributed by atoms with Crippen molar-refractivity contribution in [2.45, 2.75) is 26.9 Å². The third kappa shape index (κ3) is 4.35. The van der Waals surface area contributed by atoms with Gasteiger partial charge in [-0.2, -0.15) is 0 Å². The summed E-state index contributed by atoms with van der Waals surface area (Å²) in [6.07, 6.45) is 0.797. The second kappa shape index (κ2) is 6.93. The van der Waals surface area contributed by atoms with E-state index in [-0.39, 0.29) is 0 Å². The molecule has 3 nitrogen and oxygen atoms in total. The summed E-state index contributed by atoms with van der Waals surface area (Å²) < 4.78 is 5.87. The van der Waals surface area contributed by atoms with Crippen molar-refractivity contribution in [2.24, 2.45) is 5.92 Å². The lowest BCUT2D eigenvalue weighted by Crippen LogP contribution is -2.04. The Hall–Kier alpha value is -2.29. The Balaban J connectivity index is 2.19. The van der Waals surface area contributed by atoms with Crippen LogP contribution in [0.5, 0.6) is 5.75 Å². The highest BCUT2D eigenvalue weighted by molar-refractivity contribution is 5.88. The van der Waals surface area contributed by atoms with Gasteiger partial charge in [0.2, 0.25) is 0 Å². The van der Waals surface area contributed by atoms with Crippen LogP contribution in [-0.4, -0.2) is 11.1 Å². The quantitative estimate of drug-likeness (QED) is 0.866. The highest BCUT2D eigenvalue weighted by Gasteiger charge is 2.11. The Morgan fingerprint density at radius 1 is 1.14 bits per heavy atom. The van der Waals surface area contributed by atoms with Crippen LogP contribution in [-0.2, 0) is 13.0 Å². The summed E-state index contributed by atoms with van der Waals surface area (Å²) in [5.74, 6) is 0.292. The highest BCUT2D eigenvalue weighted by atomic mass is 16.5. The largest absolute Gasteiger partial charge is 0.489 e. The van der Waals surface area contributed by atoms with Crippen LogP contribution in [0.2, 0.25) is 0 Å². The Morgan fingerprint density at radius 2 is 1.86 bits per heavy atom. The number of ether oxygens (including phenoxy) is 1. The van der Waals surface area contributed by atoms with Gasteiger partial charge in [-0.3, -0.25) is 0 Å². The van der Waals surface area contributed by atoms with Gasteiger partial charge in [0.1, 0.15) is 12.4 Å². The molecule has 2 aromatic rings. The molecule has 0 aliphatic rings. The Kier molecular flexibility index (Phi) is 4.99. The summed E-state index contributed by atoms with van der Waals surface area (Å²) in [6.45, 7) is 4.70. The monoisotopic (exact) mass is 284 g/mol. The lowest BCUT2D eigenvalue weighted by atomic mass is 10.00. The van der Waals surface area contributed by atoms with Crippen LogP contribution in [0.4, 0.5) is 0 Å². The molecule has 0 saturated heterocycles. The Morgan fingerprint density at radius 3 is 2.48 bits per heavy atom. The van der Waals surface area contributed by atoms with E-state index in [0.717, 1.165) is 23.3 Å². The zero-order chi connectivity index (χ0) is 15.2. The minimum Gasteiger partial charge on any atom is -0.489 e. The number of hydrogen-bond acceptors (Lipinski definition) is 2. The van der Waals surface area contributed by atoms with Gasteiger partial charge in [0.05, 0.1) is 5.56 Å². The van der Waals surface area contributed by atoms with Crippen molar-refractivity contribution in [3.63, 3.8) is 0 Å². The zero-order valence-electron chi connectivity index (χ0n) is 12.4. The zero-order valence-corrected chi connectivity index (χ0v) is 12.4. The topological polar surface area (TPSA) is 46.5 Å². The van der Waals surface area contributed by atoms with Gasteiger partial charge in [-0.15, -0.1) is 0 Å². The molecule has 1 N–H and O–H groups in total. The normalized spacial score (nSPS) is 10.6. The summed E-state index contributed by atoms with van der Waals surface area (Å²) in [7, 11) is 0. The first kappa shape index (κ1) is 15.1. The van der Waals surface area contributed by atoms with E-state index < -0.39 is 5.97 Å². The second-order valence-electron chi connectivity index (χ2n) is 5.50. The number of carbonyl (C=O) groups is 1. The van der Waals surface area contributed by atoms with Gasteiger partial charge in [0, 0.05) is 0 Å². The van der Waals surface area contributed by atoms with E-state index in [9.17, 15) is 4.79 Å². The molecule has 0 amide bonds. The molecule has 110 valence electrons. The van der Waals surface area contributed by atoms with Crippen molar-refractivity contribution in [3.05, 3.63) is 65.2 Å². The standard InChI is InChI=1S/C18H20O3/c1-13(2)10-16-11-15(18(19)20)8-9-17(16)21-12-14-6-4-3-5-7-14/h3-9,11,13H,10,12H2,1-2H3,(H,19,20). The lowest BCUT2D eigenvalue weighted by Gasteiger charge is -2.14. The second-order valence-corrected chi connectivity index (χ2v) is 5.50. The summed E-state index contributed by atoms with van der Waals surface area (Å²) >= 11 is 0. The molecule has 0 heterocycles. The van der Waals surface area contributed by atoms with E-state index >= 15 is 0 Å². The van der Waals surface area contributed by atoms with Gasteiger partial charge in [0.25, 0.3) is 0 Å². The first-order valence-electron chi connectivity index (χ1n) is 7.09. The molecule has 0 unspecified atom stereocenters. The molecule has 0 radical (unpaired) electrons.